The van der Waals surface area contributed by atoms with Crippen LogP contribution >= 0.6 is 11.3 Å². The molecule has 0 atom stereocenters. The summed E-state index contributed by atoms with van der Waals surface area (Å²) in [5.41, 5.74) is 1.99. The number of aryl methyl sites for hydroxylation is 1. The van der Waals surface area contributed by atoms with Crippen LogP contribution in [0.25, 0.3) is 0 Å². The van der Waals surface area contributed by atoms with E-state index in [-0.39, 0.29) is 0 Å². The van der Waals surface area contributed by atoms with Crippen molar-refractivity contribution in [2.45, 2.75) is 24.2 Å². The third-order valence-corrected chi connectivity index (χ3v) is 6.74. The molecule has 4 nitrogen and oxygen atoms in total. The third-order valence-electron chi connectivity index (χ3n) is 3.25. The van der Waals surface area contributed by atoms with E-state index in [1.807, 2.05) is 44.3 Å². The van der Waals surface area contributed by atoms with E-state index in [0.29, 0.717) is 17.3 Å². The molecule has 0 bridgehead atoms. The van der Waals surface area contributed by atoms with Crippen LogP contribution in [0.3, 0.4) is 0 Å². The second kappa shape index (κ2) is 6.70. The maximum atomic E-state index is 12.6. The molecule has 0 unspecified atom stereocenters. The fourth-order valence-corrected chi connectivity index (χ4v) is 5.00. The van der Waals surface area contributed by atoms with Crippen molar-refractivity contribution in [3.8, 4) is 0 Å². The molecular weight excluding hydrogens is 304 g/mol. The van der Waals surface area contributed by atoms with Gasteiger partial charge in [-0.3, -0.25) is 0 Å². The monoisotopic (exact) mass is 324 g/mol. The summed E-state index contributed by atoms with van der Waals surface area (Å²) in [4.78, 5) is 1.06. The highest BCUT2D eigenvalue weighted by atomic mass is 32.2. The standard InChI is InChI=1S/C15H20N2O2S2/c1-12-9-15(20-14(12)10-16-2)21(18,19)17(3)11-13-7-5-4-6-8-13/h4-9,16H,10-11H2,1-3H3. The van der Waals surface area contributed by atoms with Crippen LogP contribution in [0.4, 0.5) is 0 Å². The Kier molecular flexibility index (Phi) is 5.16. The Labute approximate surface area is 130 Å². The molecule has 1 aromatic heterocycles. The normalized spacial score (nSPS) is 12.0. The van der Waals surface area contributed by atoms with E-state index in [1.54, 1.807) is 13.1 Å². The van der Waals surface area contributed by atoms with Crippen molar-refractivity contribution in [2.24, 2.45) is 0 Å². The summed E-state index contributed by atoms with van der Waals surface area (Å²) in [6.07, 6.45) is 0. The topological polar surface area (TPSA) is 49.4 Å². The fraction of sp³-hybridized carbons (Fsp3) is 0.333. The molecule has 0 radical (unpaired) electrons. The largest absolute Gasteiger partial charge is 0.315 e. The minimum atomic E-state index is -3.43. The van der Waals surface area contributed by atoms with Crippen molar-refractivity contribution in [1.82, 2.24) is 9.62 Å². The Hall–Kier alpha value is -1.21. The summed E-state index contributed by atoms with van der Waals surface area (Å²) >= 11 is 1.34. The summed E-state index contributed by atoms with van der Waals surface area (Å²) in [5, 5.41) is 3.06. The molecule has 6 heteroatoms. The van der Waals surface area contributed by atoms with E-state index < -0.39 is 10.0 Å². The minimum absolute atomic E-state index is 0.376. The van der Waals surface area contributed by atoms with Gasteiger partial charge in [-0.15, -0.1) is 11.3 Å². The summed E-state index contributed by atoms with van der Waals surface area (Å²) in [5.74, 6) is 0. The van der Waals surface area contributed by atoms with E-state index in [9.17, 15) is 8.42 Å². The van der Waals surface area contributed by atoms with Gasteiger partial charge < -0.3 is 5.32 Å². The smallest absolute Gasteiger partial charge is 0.252 e. The van der Waals surface area contributed by atoms with Gasteiger partial charge in [-0.1, -0.05) is 30.3 Å². The summed E-state index contributed by atoms with van der Waals surface area (Å²) in [6, 6.07) is 11.4. The first-order valence-corrected chi connectivity index (χ1v) is 8.95. The van der Waals surface area contributed by atoms with Gasteiger partial charge in [0.15, 0.2) is 0 Å². The predicted octanol–water partition coefficient (Wildman–Crippen LogP) is 2.60. The van der Waals surface area contributed by atoms with Crippen LogP contribution < -0.4 is 5.32 Å². The molecule has 0 aliphatic heterocycles. The zero-order chi connectivity index (χ0) is 15.5. The SMILES string of the molecule is CNCc1sc(S(=O)(=O)N(C)Cc2ccccc2)cc1C. The number of sulfonamides is 1. The lowest BCUT2D eigenvalue weighted by Gasteiger charge is -2.16. The van der Waals surface area contributed by atoms with Gasteiger partial charge in [0, 0.05) is 25.0 Å². The Balaban J connectivity index is 2.23. The second-order valence-electron chi connectivity index (χ2n) is 4.95. The molecule has 0 amide bonds. The molecule has 114 valence electrons. The van der Waals surface area contributed by atoms with Crippen LogP contribution in [0.1, 0.15) is 16.0 Å². The molecule has 0 saturated heterocycles. The lowest BCUT2D eigenvalue weighted by atomic mass is 10.2. The molecule has 2 rings (SSSR count). The highest BCUT2D eigenvalue weighted by molar-refractivity contribution is 7.91. The van der Waals surface area contributed by atoms with Gasteiger partial charge in [0.25, 0.3) is 10.0 Å². The predicted molar refractivity (Wildman–Crippen MR) is 86.9 cm³/mol. The highest BCUT2D eigenvalue weighted by Gasteiger charge is 2.24. The summed E-state index contributed by atoms with van der Waals surface area (Å²) in [7, 11) is 0.0431. The zero-order valence-corrected chi connectivity index (χ0v) is 14.1. The quantitative estimate of drug-likeness (QED) is 0.888. The van der Waals surface area contributed by atoms with Crippen molar-refractivity contribution in [2.75, 3.05) is 14.1 Å². The molecule has 0 fully saturated rings. The second-order valence-corrected chi connectivity index (χ2v) is 8.36. The van der Waals surface area contributed by atoms with Crippen LogP contribution in [-0.2, 0) is 23.1 Å². The van der Waals surface area contributed by atoms with E-state index >= 15 is 0 Å². The van der Waals surface area contributed by atoms with E-state index in [4.69, 9.17) is 0 Å². The lowest BCUT2D eigenvalue weighted by molar-refractivity contribution is 0.468. The molecule has 2 aromatic rings. The molecule has 0 aliphatic rings. The van der Waals surface area contributed by atoms with Gasteiger partial charge in [0.2, 0.25) is 0 Å². The molecule has 1 aromatic carbocycles. The Morgan fingerprint density at radius 3 is 2.52 bits per heavy atom. The first-order valence-electron chi connectivity index (χ1n) is 6.69. The van der Waals surface area contributed by atoms with Gasteiger partial charge in [-0.25, -0.2) is 8.42 Å². The zero-order valence-electron chi connectivity index (χ0n) is 12.5. The van der Waals surface area contributed by atoms with Crippen molar-refractivity contribution in [3.05, 3.63) is 52.4 Å². The molecular formula is C15H20N2O2S2. The van der Waals surface area contributed by atoms with Gasteiger partial charge in [0.1, 0.15) is 4.21 Å². The highest BCUT2D eigenvalue weighted by Crippen LogP contribution is 2.28. The number of nitrogens with zero attached hydrogens (tertiary/aromatic N) is 1. The lowest BCUT2D eigenvalue weighted by Crippen LogP contribution is -2.25. The van der Waals surface area contributed by atoms with Crippen LogP contribution in [0.2, 0.25) is 0 Å². The Morgan fingerprint density at radius 2 is 1.90 bits per heavy atom. The van der Waals surface area contributed by atoms with Gasteiger partial charge in [0.05, 0.1) is 0 Å². The van der Waals surface area contributed by atoms with Crippen molar-refractivity contribution >= 4 is 21.4 Å². The number of nitrogens with one attached hydrogen (secondary N) is 1. The molecule has 0 aliphatic carbocycles. The van der Waals surface area contributed by atoms with Gasteiger partial charge >= 0.3 is 0 Å². The van der Waals surface area contributed by atoms with Gasteiger partial charge in [-0.2, -0.15) is 4.31 Å². The van der Waals surface area contributed by atoms with Crippen molar-refractivity contribution < 1.29 is 8.42 Å². The average Bonchev–Trinajstić information content (AvgIpc) is 2.82. The van der Waals surface area contributed by atoms with E-state index in [1.165, 1.54) is 15.6 Å². The van der Waals surface area contributed by atoms with Crippen LogP contribution in [0.15, 0.2) is 40.6 Å². The molecule has 21 heavy (non-hydrogen) atoms. The van der Waals surface area contributed by atoms with Crippen molar-refractivity contribution in [1.29, 1.82) is 0 Å². The molecule has 1 N–H and O–H groups in total. The third kappa shape index (κ3) is 3.71. The average molecular weight is 324 g/mol. The van der Waals surface area contributed by atoms with Crippen LogP contribution in [0, 0.1) is 6.92 Å². The Bertz CT molecular complexity index is 694. The van der Waals surface area contributed by atoms with Crippen LogP contribution in [0.5, 0.6) is 0 Å². The molecule has 1 heterocycles. The number of hydrogen-bond acceptors (Lipinski definition) is 4. The van der Waals surface area contributed by atoms with Crippen molar-refractivity contribution in [3.63, 3.8) is 0 Å². The van der Waals surface area contributed by atoms with E-state index in [0.717, 1.165) is 16.0 Å². The maximum Gasteiger partial charge on any atom is 0.252 e. The molecule has 0 saturated carbocycles. The fourth-order valence-electron chi connectivity index (χ4n) is 2.03. The number of hydrogen-bond donors (Lipinski definition) is 1. The van der Waals surface area contributed by atoms with Gasteiger partial charge in [-0.05, 0) is 31.2 Å². The Morgan fingerprint density at radius 1 is 1.24 bits per heavy atom. The maximum absolute atomic E-state index is 12.6. The van der Waals surface area contributed by atoms with E-state index in [2.05, 4.69) is 5.32 Å². The summed E-state index contributed by atoms with van der Waals surface area (Å²) in [6.45, 7) is 3.01. The summed E-state index contributed by atoms with van der Waals surface area (Å²) < 4.78 is 27.1. The molecule has 0 spiro atoms. The first-order chi connectivity index (χ1) is 9.95. The first kappa shape index (κ1) is 16.2. The number of rotatable bonds is 6. The van der Waals surface area contributed by atoms with Crippen LogP contribution in [-0.4, -0.2) is 26.8 Å². The minimum Gasteiger partial charge on any atom is -0.315 e. The number of thiophene rings is 1. The number of benzene rings is 1.